The average molecular weight is 179 g/mol. The van der Waals surface area contributed by atoms with E-state index in [-0.39, 0.29) is 86.9 Å². The van der Waals surface area contributed by atoms with Crippen molar-refractivity contribution >= 4 is 0 Å². The summed E-state index contributed by atoms with van der Waals surface area (Å²) in [6.45, 7) is 3.50. The van der Waals surface area contributed by atoms with Gasteiger partial charge >= 0.3 is 51.4 Å². The molecule has 0 aliphatic carbocycles. The Kier molecular flexibility index (Phi) is 191. The van der Waals surface area contributed by atoms with Gasteiger partial charge < -0.3 is 1.43 Å². The number of hydrogen-bond acceptors (Lipinski definition) is 1. The monoisotopic (exact) mass is 179 g/mol. The standard InChI is InChI=1S/CHN.2Fe.K.H/c1-2;;;;/h1H;;;;/q;;;+1;-1. The fraction of sp³-hybridized carbons (Fsp3) is 0. The Morgan fingerprint density at radius 2 is 1.20 bits per heavy atom. The Morgan fingerprint density at radius 1 is 1.20 bits per heavy atom. The van der Waals surface area contributed by atoms with Gasteiger partial charge in [0.2, 0.25) is 0 Å². The Bertz CT molecular complexity index is 18.3. The zero-order valence-corrected chi connectivity index (χ0v) is 8.06. The summed E-state index contributed by atoms with van der Waals surface area (Å²) in [4.78, 5) is 0. The maximum atomic E-state index is 6.50. The predicted molar refractivity (Wildman–Crippen MR) is 7.78 cm³/mol. The molecule has 0 spiro atoms. The molecule has 0 saturated carbocycles. The van der Waals surface area contributed by atoms with Gasteiger partial charge in [0.05, 0.1) is 0 Å². The molecule has 0 aliphatic heterocycles. The molecular formula is CH2Fe2KN. The van der Waals surface area contributed by atoms with E-state index in [1.165, 1.54) is 0 Å². The van der Waals surface area contributed by atoms with Crippen LogP contribution in [-0.2, 0) is 34.1 Å². The molecule has 0 unspecified atom stereocenters. The zero-order valence-electron chi connectivity index (χ0n) is 3.73. The van der Waals surface area contributed by atoms with E-state index in [1.54, 1.807) is 0 Å². The molecule has 0 N–H and O–H groups in total. The van der Waals surface area contributed by atoms with Gasteiger partial charge in [-0.25, -0.2) is 5.26 Å². The summed E-state index contributed by atoms with van der Waals surface area (Å²) in [6, 6.07) is 0. The van der Waals surface area contributed by atoms with Gasteiger partial charge in [0.25, 0.3) is 0 Å². The van der Waals surface area contributed by atoms with E-state index >= 15 is 0 Å². The first-order valence-electron chi connectivity index (χ1n) is 0.258. The molecule has 0 rings (SSSR count). The fourth-order valence-electron chi connectivity index (χ4n) is 0. The quantitative estimate of drug-likeness (QED) is 0.370. The van der Waals surface area contributed by atoms with Crippen LogP contribution < -0.4 is 51.4 Å². The molecule has 1 nitrogen and oxygen atoms in total. The van der Waals surface area contributed by atoms with Crippen molar-refractivity contribution < 1.29 is 86.9 Å². The van der Waals surface area contributed by atoms with Crippen LogP contribution in [0.4, 0.5) is 0 Å². The molecule has 0 radical (unpaired) electrons. The zero-order chi connectivity index (χ0) is 2.00. The van der Waals surface area contributed by atoms with Crippen LogP contribution in [0.25, 0.3) is 0 Å². The van der Waals surface area contributed by atoms with Crippen LogP contribution in [0.5, 0.6) is 0 Å². The third-order valence-electron chi connectivity index (χ3n) is 0. The summed E-state index contributed by atoms with van der Waals surface area (Å²) < 4.78 is 0. The second kappa shape index (κ2) is 35.1. The van der Waals surface area contributed by atoms with Crippen molar-refractivity contribution in [1.29, 1.82) is 5.26 Å². The Hall–Kier alpha value is 2.17. The molecule has 0 amide bonds. The smallest absolute Gasteiger partial charge is 1.00 e. The first-order chi connectivity index (χ1) is 1.00. The second-order valence-corrected chi connectivity index (χ2v) is 0. The van der Waals surface area contributed by atoms with Crippen molar-refractivity contribution in [3.63, 3.8) is 0 Å². The maximum Gasteiger partial charge on any atom is 1.00 e. The van der Waals surface area contributed by atoms with Gasteiger partial charge in [0.15, 0.2) is 0 Å². The minimum absolute atomic E-state index is 0. The molecule has 0 aliphatic rings. The van der Waals surface area contributed by atoms with Crippen molar-refractivity contribution in [3.05, 3.63) is 0 Å². The largest absolute Gasteiger partial charge is 1.00 e. The Morgan fingerprint density at radius 3 is 1.20 bits per heavy atom. The number of rotatable bonds is 0. The van der Waals surface area contributed by atoms with Gasteiger partial charge in [-0.15, -0.1) is 0 Å². The van der Waals surface area contributed by atoms with Crippen molar-refractivity contribution in [2.24, 2.45) is 0 Å². The van der Waals surface area contributed by atoms with Crippen LogP contribution in [0.1, 0.15) is 1.43 Å². The summed E-state index contributed by atoms with van der Waals surface area (Å²) in [5, 5.41) is 6.50. The van der Waals surface area contributed by atoms with Gasteiger partial charge in [-0.05, 0) is 0 Å². The van der Waals surface area contributed by atoms with Crippen molar-refractivity contribution in [2.45, 2.75) is 0 Å². The van der Waals surface area contributed by atoms with E-state index in [0.29, 0.717) is 0 Å². The maximum absolute atomic E-state index is 6.50. The predicted octanol–water partition coefficient (Wildman–Crippen LogP) is -2.75. The van der Waals surface area contributed by atoms with Crippen LogP contribution in [0.15, 0.2) is 0 Å². The fourth-order valence-corrected chi connectivity index (χ4v) is 0. The summed E-state index contributed by atoms with van der Waals surface area (Å²) in [5.74, 6) is 0. The normalized spacial score (nSPS) is 0.400. The molecule has 28 valence electrons. The number of nitrogens with zero attached hydrogens (tertiary/aromatic N) is 1. The number of nitriles is 1. The average Bonchev–Trinajstić information content (AvgIpc) is 1.00. The van der Waals surface area contributed by atoms with Crippen molar-refractivity contribution in [3.8, 4) is 6.57 Å². The van der Waals surface area contributed by atoms with E-state index in [0.717, 1.165) is 0 Å². The van der Waals surface area contributed by atoms with E-state index in [1.807, 2.05) is 0 Å². The molecule has 5 heavy (non-hydrogen) atoms. The SMILES string of the molecule is C#N.[Fe].[Fe].[H-].[K+]. The van der Waals surface area contributed by atoms with Crippen LogP contribution in [-0.4, -0.2) is 0 Å². The summed E-state index contributed by atoms with van der Waals surface area (Å²) in [6.07, 6.45) is 0. The summed E-state index contributed by atoms with van der Waals surface area (Å²) in [5.41, 5.74) is 0. The summed E-state index contributed by atoms with van der Waals surface area (Å²) >= 11 is 0. The van der Waals surface area contributed by atoms with E-state index in [9.17, 15) is 0 Å². The minimum Gasteiger partial charge on any atom is -1.00 e. The third-order valence-corrected chi connectivity index (χ3v) is 0. The molecule has 0 aromatic heterocycles. The van der Waals surface area contributed by atoms with E-state index < -0.39 is 0 Å². The molecule has 0 fully saturated rings. The summed E-state index contributed by atoms with van der Waals surface area (Å²) in [7, 11) is 0. The Balaban J connectivity index is -0.000000000833. The van der Waals surface area contributed by atoms with Gasteiger partial charge in [0.1, 0.15) is 0 Å². The topological polar surface area (TPSA) is 23.8 Å². The first kappa shape index (κ1) is 27.2. The van der Waals surface area contributed by atoms with Crippen LogP contribution in [0, 0.1) is 11.8 Å². The van der Waals surface area contributed by atoms with Gasteiger partial charge in [-0.1, -0.05) is 0 Å². The molecule has 0 aromatic carbocycles. The van der Waals surface area contributed by atoms with E-state index in [2.05, 4.69) is 6.57 Å². The van der Waals surface area contributed by atoms with Crippen LogP contribution in [0.3, 0.4) is 0 Å². The van der Waals surface area contributed by atoms with Gasteiger partial charge in [0, 0.05) is 40.7 Å². The van der Waals surface area contributed by atoms with Crippen LogP contribution in [0.2, 0.25) is 0 Å². The molecule has 4 heteroatoms. The minimum atomic E-state index is 0. The third kappa shape index (κ3) is 22.8. The van der Waals surface area contributed by atoms with E-state index in [4.69, 9.17) is 5.26 Å². The number of hydrogen-bond donors (Lipinski definition) is 0. The Labute approximate surface area is 96.7 Å². The molecule has 0 heterocycles. The van der Waals surface area contributed by atoms with Gasteiger partial charge in [-0.3, -0.25) is 0 Å². The van der Waals surface area contributed by atoms with Crippen molar-refractivity contribution in [2.75, 3.05) is 0 Å². The molecule has 0 saturated heterocycles. The molecule has 0 atom stereocenters. The first-order valence-corrected chi connectivity index (χ1v) is 0.258. The molecular weight excluding hydrogens is 177 g/mol. The molecule has 0 aromatic rings. The van der Waals surface area contributed by atoms with Crippen LogP contribution >= 0.6 is 0 Å². The second-order valence-electron chi connectivity index (χ2n) is 0. The van der Waals surface area contributed by atoms with Crippen molar-refractivity contribution in [1.82, 2.24) is 0 Å². The molecule has 0 bridgehead atoms. The van der Waals surface area contributed by atoms with Gasteiger partial charge in [-0.2, -0.15) is 0 Å².